The lowest BCUT2D eigenvalue weighted by atomic mass is 10.2. The minimum Gasteiger partial charge on any atom is -0.326 e. The van der Waals surface area contributed by atoms with Gasteiger partial charge < -0.3 is 4.90 Å². The average molecular weight is 313 g/mol. The van der Waals surface area contributed by atoms with E-state index in [1.165, 1.54) is 24.1 Å². The van der Waals surface area contributed by atoms with Gasteiger partial charge in [-0.1, -0.05) is 6.07 Å². The number of anilines is 1. The molecule has 3 rings (SSSR count). The van der Waals surface area contributed by atoms with E-state index in [1.807, 2.05) is 6.07 Å². The number of piperazine rings is 1. The molecule has 1 aliphatic rings. The van der Waals surface area contributed by atoms with Gasteiger partial charge in [0.15, 0.2) is 0 Å². The quantitative estimate of drug-likeness (QED) is 0.757. The number of nitrogens with zero attached hydrogens (tertiary/aromatic N) is 5. The lowest BCUT2D eigenvalue weighted by Gasteiger charge is -2.33. The molecule has 8 heteroatoms. The number of aryl methyl sites for hydroxylation is 1. The van der Waals surface area contributed by atoms with Crippen LogP contribution in [0.1, 0.15) is 10.5 Å². The van der Waals surface area contributed by atoms with Crippen molar-refractivity contribution in [3.63, 3.8) is 0 Å². The molecule has 0 N–H and O–H groups in total. The lowest BCUT2D eigenvalue weighted by Crippen LogP contribution is -2.52. The van der Waals surface area contributed by atoms with Gasteiger partial charge >= 0.3 is 0 Å². The Hall–Kier alpha value is -3.03. The largest absolute Gasteiger partial charge is 0.326 e. The Morgan fingerprint density at radius 2 is 1.96 bits per heavy atom. The average Bonchev–Trinajstić information content (AvgIpc) is 2.57. The molecule has 0 unspecified atom stereocenters. The fourth-order valence-electron chi connectivity index (χ4n) is 2.38. The molecule has 1 fully saturated rings. The van der Waals surface area contributed by atoms with Crippen molar-refractivity contribution in [2.45, 2.75) is 0 Å². The summed E-state index contributed by atoms with van der Waals surface area (Å²) >= 11 is 0. The molecule has 2 aromatic rings. The zero-order valence-electron chi connectivity index (χ0n) is 12.5. The fourth-order valence-corrected chi connectivity index (χ4v) is 2.38. The van der Waals surface area contributed by atoms with Gasteiger partial charge in [-0.05, 0) is 18.2 Å². The number of pyridine rings is 1. The van der Waals surface area contributed by atoms with Gasteiger partial charge in [-0.25, -0.2) is 9.67 Å². The number of hydrogen-bond acceptors (Lipinski definition) is 5. The summed E-state index contributed by atoms with van der Waals surface area (Å²) in [4.78, 5) is 43.2. The van der Waals surface area contributed by atoms with Crippen molar-refractivity contribution in [2.75, 3.05) is 24.5 Å². The van der Waals surface area contributed by atoms with Crippen molar-refractivity contribution in [1.29, 1.82) is 0 Å². The Bertz CT molecular complexity index is 802. The number of amides is 2. The Balaban J connectivity index is 1.74. The maximum atomic E-state index is 12.4. The Morgan fingerprint density at radius 3 is 2.61 bits per heavy atom. The minimum atomic E-state index is -0.366. The van der Waals surface area contributed by atoms with Crippen LogP contribution in [0.15, 0.2) is 41.3 Å². The predicted octanol–water partition coefficient (Wildman–Crippen LogP) is -0.336. The molecular formula is C15H15N5O3. The number of aromatic nitrogens is 3. The molecule has 0 radical (unpaired) electrons. The van der Waals surface area contributed by atoms with Crippen molar-refractivity contribution in [3.05, 3.63) is 52.6 Å². The molecule has 1 aliphatic heterocycles. The topological polar surface area (TPSA) is 88.4 Å². The monoisotopic (exact) mass is 313 g/mol. The molecule has 2 amide bonds. The molecular weight excluding hydrogens is 298 g/mol. The van der Waals surface area contributed by atoms with Crippen molar-refractivity contribution in [2.24, 2.45) is 7.05 Å². The van der Waals surface area contributed by atoms with E-state index in [9.17, 15) is 14.4 Å². The van der Waals surface area contributed by atoms with Gasteiger partial charge in [0, 0.05) is 32.4 Å². The molecule has 23 heavy (non-hydrogen) atoms. The van der Waals surface area contributed by atoms with Gasteiger partial charge in [0.1, 0.15) is 18.1 Å². The molecule has 0 aliphatic carbocycles. The molecule has 2 aromatic heterocycles. The van der Waals surface area contributed by atoms with Gasteiger partial charge in [-0.3, -0.25) is 19.3 Å². The first-order valence-electron chi connectivity index (χ1n) is 7.11. The van der Waals surface area contributed by atoms with Gasteiger partial charge in [0.25, 0.3) is 11.5 Å². The van der Waals surface area contributed by atoms with Crippen molar-refractivity contribution in [3.8, 4) is 0 Å². The first-order valence-corrected chi connectivity index (χ1v) is 7.11. The number of rotatable bonds is 2. The Morgan fingerprint density at radius 1 is 1.13 bits per heavy atom. The highest BCUT2D eigenvalue weighted by Crippen LogP contribution is 2.14. The molecule has 0 saturated carbocycles. The Kier molecular flexibility index (Phi) is 3.88. The van der Waals surface area contributed by atoms with E-state index >= 15 is 0 Å². The summed E-state index contributed by atoms with van der Waals surface area (Å²) in [5.41, 5.74) is -0.149. The molecule has 0 spiro atoms. The van der Waals surface area contributed by atoms with Gasteiger partial charge in [0.2, 0.25) is 5.91 Å². The summed E-state index contributed by atoms with van der Waals surface area (Å²) in [6.45, 7) is 0.707. The second kappa shape index (κ2) is 5.99. The maximum Gasteiger partial charge on any atom is 0.274 e. The predicted molar refractivity (Wildman–Crippen MR) is 82.0 cm³/mol. The van der Waals surface area contributed by atoms with Crippen LogP contribution < -0.4 is 10.5 Å². The van der Waals surface area contributed by atoms with E-state index in [2.05, 4.69) is 10.1 Å². The van der Waals surface area contributed by atoms with Crippen LogP contribution in [0.2, 0.25) is 0 Å². The lowest BCUT2D eigenvalue weighted by molar-refractivity contribution is -0.120. The van der Waals surface area contributed by atoms with Crippen LogP contribution in [-0.2, 0) is 11.8 Å². The zero-order valence-corrected chi connectivity index (χ0v) is 12.5. The van der Waals surface area contributed by atoms with E-state index < -0.39 is 0 Å². The van der Waals surface area contributed by atoms with Crippen LogP contribution in [0.5, 0.6) is 0 Å². The molecule has 0 aromatic carbocycles. The highest BCUT2D eigenvalue weighted by molar-refractivity contribution is 6.00. The standard InChI is InChI=1S/C15H15N5O3/c1-18-13(21)6-5-11(17-18)15(23)19-8-9-20(14(22)10-19)12-4-2-3-7-16-12/h2-7H,8-10H2,1H3. The summed E-state index contributed by atoms with van der Waals surface area (Å²) in [6.07, 6.45) is 1.62. The molecule has 1 saturated heterocycles. The molecule has 118 valence electrons. The van der Waals surface area contributed by atoms with Crippen LogP contribution in [0.3, 0.4) is 0 Å². The van der Waals surface area contributed by atoms with E-state index in [0.29, 0.717) is 18.9 Å². The molecule has 0 atom stereocenters. The molecule has 8 nitrogen and oxygen atoms in total. The van der Waals surface area contributed by atoms with Crippen molar-refractivity contribution in [1.82, 2.24) is 19.7 Å². The number of carbonyl (C=O) groups is 2. The SMILES string of the molecule is Cn1nc(C(=O)N2CCN(c3ccccn3)C(=O)C2)ccc1=O. The fraction of sp³-hybridized carbons (Fsp3) is 0.267. The van der Waals surface area contributed by atoms with Crippen molar-refractivity contribution < 1.29 is 9.59 Å². The van der Waals surface area contributed by atoms with Gasteiger partial charge in [0.05, 0.1) is 0 Å². The number of hydrogen-bond donors (Lipinski definition) is 0. The van der Waals surface area contributed by atoms with Crippen LogP contribution in [0.25, 0.3) is 0 Å². The third-order valence-electron chi connectivity index (χ3n) is 3.61. The zero-order chi connectivity index (χ0) is 16.4. The van der Waals surface area contributed by atoms with Gasteiger partial charge in [-0.2, -0.15) is 5.10 Å². The minimum absolute atomic E-state index is 0.0417. The summed E-state index contributed by atoms with van der Waals surface area (Å²) in [6, 6.07) is 8.00. The maximum absolute atomic E-state index is 12.4. The second-order valence-corrected chi connectivity index (χ2v) is 5.14. The smallest absolute Gasteiger partial charge is 0.274 e. The van der Waals surface area contributed by atoms with E-state index in [0.717, 1.165) is 4.68 Å². The number of carbonyl (C=O) groups excluding carboxylic acids is 2. The second-order valence-electron chi connectivity index (χ2n) is 5.14. The third kappa shape index (κ3) is 2.96. The Labute approximate surface area is 132 Å². The third-order valence-corrected chi connectivity index (χ3v) is 3.61. The van der Waals surface area contributed by atoms with E-state index in [1.54, 1.807) is 23.2 Å². The van der Waals surface area contributed by atoms with E-state index in [-0.39, 0.29) is 29.6 Å². The highest BCUT2D eigenvalue weighted by atomic mass is 16.2. The van der Waals surface area contributed by atoms with Crippen LogP contribution in [0.4, 0.5) is 5.82 Å². The van der Waals surface area contributed by atoms with Crippen LogP contribution in [-0.4, -0.2) is 51.1 Å². The first kappa shape index (κ1) is 14.9. The highest BCUT2D eigenvalue weighted by Gasteiger charge is 2.29. The summed E-state index contributed by atoms with van der Waals surface area (Å²) in [5.74, 6) is 0.00701. The molecule has 0 bridgehead atoms. The van der Waals surface area contributed by atoms with Gasteiger partial charge in [-0.15, -0.1) is 0 Å². The summed E-state index contributed by atoms with van der Waals surface area (Å²) in [7, 11) is 1.48. The van der Waals surface area contributed by atoms with E-state index in [4.69, 9.17) is 0 Å². The summed E-state index contributed by atoms with van der Waals surface area (Å²) in [5, 5.41) is 3.93. The normalized spacial score (nSPS) is 14.9. The van der Waals surface area contributed by atoms with Crippen LogP contribution >= 0.6 is 0 Å². The molecule has 3 heterocycles. The van der Waals surface area contributed by atoms with Crippen LogP contribution in [0, 0.1) is 0 Å². The first-order chi connectivity index (χ1) is 11.1. The van der Waals surface area contributed by atoms with Crippen molar-refractivity contribution >= 4 is 17.6 Å². The summed E-state index contributed by atoms with van der Waals surface area (Å²) < 4.78 is 1.10.